The van der Waals surface area contributed by atoms with Crippen molar-refractivity contribution in [2.24, 2.45) is 0 Å². The van der Waals surface area contributed by atoms with Crippen LogP contribution in [0.15, 0.2) is 207 Å². The fourth-order valence-corrected chi connectivity index (χ4v) is 9.13. The fourth-order valence-electron chi connectivity index (χ4n) is 9.13. The van der Waals surface area contributed by atoms with E-state index < -0.39 is 0 Å². The number of allylic oxidation sites excluding steroid dienone is 5. The number of fused-ring (bicyclic) bond motifs is 11. The van der Waals surface area contributed by atoms with Gasteiger partial charge in [-0.05, 0) is 111 Å². The van der Waals surface area contributed by atoms with Gasteiger partial charge >= 0.3 is 0 Å². The Hall–Kier alpha value is -7.42. The average Bonchev–Trinajstić information content (AvgIpc) is 3.80. The summed E-state index contributed by atoms with van der Waals surface area (Å²) < 4.78 is 4.80. The molecule has 0 aliphatic heterocycles. The lowest BCUT2D eigenvalue weighted by atomic mass is 9.95. The Labute approximate surface area is 331 Å². The van der Waals surface area contributed by atoms with Gasteiger partial charge < -0.3 is 9.13 Å². The molecule has 9 aromatic carbocycles. The molecule has 0 radical (unpaired) electrons. The number of para-hydroxylation sites is 2. The third kappa shape index (κ3) is 5.18. The van der Waals surface area contributed by atoms with Gasteiger partial charge in [-0.15, -0.1) is 0 Å². The van der Waals surface area contributed by atoms with Gasteiger partial charge in [-0.3, -0.25) is 0 Å². The van der Waals surface area contributed by atoms with Gasteiger partial charge in [-0.25, -0.2) is 0 Å². The first kappa shape index (κ1) is 33.0. The lowest BCUT2D eigenvalue weighted by molar-refractivity contribution is 1.20. The minimum absolute atomic E-state index is 1.04. The van der Waals surface area contributed by atoms with Gasteiger partial charge in [0, 0.05) is 32.6 Å². The molecule has 0 saturated carbocycles. The fraction of sp³-hybridized carbons (Fsp3) is 0.0182. The Bertz CT molecular complexity index is 3470. The number of rotatable bonds is 6. The molecule has 11 rings (SSSR count). The van der Waals surface area contributed by atoms with E-state index in [1.807, 2.05) is 6.08 Å². The third-order valence-electron chi connectivity index (χ3n) is 11.8. The summed E-state index contributed by atoms with van der Waals surface area (Å²) >= 11 is 0. The monoisotopic (exact) mass is 726 g/mol. The number of aromatic nitrogens is 2. The Balaban J connectivity index is 1.07. The molecule has 0 fully saturated rings. The minimum atomic E-state index is 1.04. The van der Waals surface area contributed by atoms with Crippen molar-refractivity contribution in [1.29, 1.82) is 0 Å². The first-order valence-electron chi connectivity index (χ1n) is 19.6. The molecule has 2 aromatic heterocycles. The van der Waals surface area contributed by atoms with Crippen LogP contribution in [0.5, 0.6) is 0 Å². The lowest BCUT2D eigenvalue weighted by Crippen LogP contribution is -1.95. The second kappa shape index (κ2) is 13.1. The Morgan fingerprint density at radius 2 is 1.05 bits per heavy atom. The highest BCUT2D eigenvalue weighted by molar-refractivity contribution is 6.24. The smallest absolute Gasteiger partial charge is 0.0547 e. The highest BCUT2D eigenvalue weighted by Gasteiger charge is 2.18. The lowest BCUT2D eigenvalue weighted by Gasteiger charge is -2.12. The van der Waals surface area contributed by atoms with E-state index in [1.54, 1.807) is 0 Å². The molecule has 0 atom stereocenters. The standard InChI is InChI=1S/C55H38N2/c1-3-43(30-24-36(2)37-14-5-4-6-15-37)56-50-21-11-9-19-46(50)54-45-31-27-40(34-42(45)29-33-52(54)56)41-26-25-39-28-32-53-55(48(39)35-41)47-20-10-12-22-51(47)57(53)49-23-13-17-38-16-7-8-18-44(38)49/h3-35H,1H2,2H3/b36-24+,43-30+. The molecular formula is C55H38N2. The van der Waals surface area contributed by atoms with Crippen molar-refractivity contribution in [3.63, 3.8) is 0 Å². The average molecular weight is 727 g/mol. The molecule has 0 bridgehead atoms. The third-order valence-corrected chi connectivity index (χ3v) is 11.8. The molecule has 0 aliphatic rings. The van der Waals surface area contributed by atoms with Crippen molar-refractivity contribution in [2.45, 2.75) is 6.92 Å². The molecule has 0 aliphatic carbocycles. The van der Waals surface area contributed by atoms with E-state index in [0.717, 1.165) is 5.70 Å². The van der Waals surface area contributed by atoms with Crippen LogP contribution in [0.25, 0.3) is 104 Å². The highest BCUT2D eigenvalue weighted by Crippen LogP contribution is 2.41. The number of hydrogen-bond acceptors (Lipinski definition) is 0. The minimum Gasteiger partial charge on any atom is -0.309 e. The van der Waals surface area contributed by atoms with Gasteiger partial charge in [0.2, 0.25) is 0 Å². The van der Waals surface area contributed by atoms with E-state index in [9.17, 15) is 0 Å². The summed E-state index contributed by atoms with van der Waals surface area (Å²) in [5.74, 6) is 0. The zero-order valence-corrected chi connectivity index (χ0v) is 31.7. The molecule has 0 amide bonds. The van der Waals surface area contributed by atoms with E-state index in [1.165, 1.54) is 104 Å². The van der Waals surface area contributed by atoms with Crippen LogP contribution in [0.3, 0.4) is 0 Å². The summed E-state index contributed by atoms with van der Waals surface area (Å²) in [6.07, 6.45) is 6.34. The molecule has 268 valence electrons. The van der Waals surface area contributed by atoms with Crippen LogP contribution in [0.1, 0.15) is 12.5 Å². The summed E-state index contributed by atoms with van der Waals surface area (Å²) in [6, 6.07) is 66.4. The van der Waals surface area contributed by atoms with Gasteiger partial charge in [-0.1, -0.05) is 152 Å². The van der Waals surface area contributed by atoms with E-state index in [2.05, 4.69) is 217 Å². The van der Waals surface area contributed by atoms with E-state index >= 15 is 0 Å². The molecular weight excluding hydrogens is 689 g/mol. The van der Waals surface area contributed by atoms with E-state index in [-0.39, 0.29) is 0 Å². The van der Waals surface area contributed by atoms with Crippen LogP contribution < -0.4 is 0 Å². The summed E-state index contributed by atoms with van der Waals surface area (Å²) in [5, 5.41) is 12.5. The van der Waals surface area contributed by atoms with Crippen molar-refractivity contribution >= 4 is 87.2 Å². The van der Waals surface area contributed by atoms with Crippen molar-refractivity contribution in [1.82, 2.24) is 9.13 Å². The number of benzene rings is 9. The van der Waals surface area contributed by atoms with Crippen LogP contribution in [0, 0.1) is 0 Å². The van der Waals surface area contributed by atoms with Crippen molar-refractivity contribution in [3.8, 4) is 16.8 Å². The maximum atomic E-state index is 4.25. The SMILES string of the molecule is C=C/C(=C\C=C(/C)c1ccccc1)n1c2ccccc2c2c3ccc(-c4ccc5ccc6c(c5c4)c4ccccc4n6-c4cccc5ccccc45)cc3ccc21. The molecule has 2 heterocycles. The summed E-state index contributed by atoms with van der Waals surface area (Å²) in [7, 11) is 0. The van der Waals surface area contributed by atoms with Crippen LogP contribution in [-0.4, -0.2) is 9.13 Å². The summed E-state index contributed by atoms with van der Waals surface area (Å²) in [4.78, 5) is 0. The maximum absolute atomic E-state index is 4.25. The predicted molar refractivity (Wildman–Crippen MR) is 246 cm³/mol. The molecule has 0 saturated heterocycles. The Kier molecular flexibility index (Phi) is 7.58. The molecule has 2 nitrogen and oxygen atoms in total. The van der Waals surface area contributed by atoms with Gasteiger partial charge in [0.15, 0.2) is 0 Å². The summed E-state index contributed by atoms with van der Waals surface area (Å²) in [5.41, 5.74) is 11.8. The second-order valence-corrected chi connectivity index (χ2v) is 15.0. The zero-order valence-electron chi connectivity index (χ0n) is 31.7. The molecule has 0 unspecified atom stereocenters. The predicted octanol–water partition coefficient (Wildman–Crippen LogP) is 15.1. The van der Waals surface area contributed by atoms with Crippen LogP contribution in [0.2, 0.25) is 0 Å². The molecule has 0 N–H and O–H groups in total. The van der Waals surface area contributed by atoms with E-state index in [0.29, 0.717) is 0 Å². The quantitative estimate of drug-likeness (QED) is 0.151. The van der Waals surface area contributed by atoms with Crippen molar-refractivity contribution in [3.05, 3.63) is 212 Å². The Morgan fingerprint density at radius 1 is 0.439 bits per heavy atom. The first-order valence-corrected chi connectivity index (χ1v) is 19.6. The summed E-state index contributed by atoms with van der Waals surface area (Å²) in [6.45, 7) is 6.41. The van der Waals surface area contributed by atoms with Crippen molar-refractivity contribution < 1.29 is 0 Å². The van der Waals surface area contributed by atoms with Gasteiger partial charge in [0.1, 0.15) is 0 Å². The van der Waals surface area contributed by atoms with Gasteiger partial charge in [0.25, 0.3) is 0 Å². The van der Waals surface area contributed by atoms with Gasteiger partial charge in [-0.2, -0.15) is 0 Å². The first-order chi connectivity index (χ1) is 28.2. The zero-order chi connectivity index (χ0) is 38.0. The van der Waals surface area contributed by atoms with E-state index in [4.69, 9.17) is 0 Å². The number of nitrogens with zero attached hydrogens (tertiary/aromatic N) is 2. The largest absolute Gasteiger partial charge is 0.309 e. The topological polar surface area (TPSA) is 9.86 Å². The van der Waals surface area contributed by atoms with Crippen LogP contribution >= 0.6 is 0 Å². The molecule has 57 heavy (non-hydrogen) atoms. The van der Waals surface area contributed by atoms with Crippen LogP contribution in [0.4, 0.5) is 0 Å². The van der Waals surface area contributed by atoms with Crippen molar-refractivity contribution in [2.75, 3.05) is 0 Å². The molecule has 11 aromatic rings. The highest BCUT2D eigenvalue weighted by atomic mass is 15.0. The number of hydrogen-bond donors (Lipinski definition) is 0. The Morgan fingerprint density at radius 3 is 1.89 bits per heavy atom. The molecule has 2 heteroatoms. The molecule has 0 spiro atoms. The van der Waals surface area contributed by atoms with Crippen LogP contribution in [-0.2, 0) is 0 Å². The maximum Gasteiger partial charge on any atom is 0.0547 e. The normalized spacial score (nSPS) is 12.6. The second-order valence-electron chi connectivity index (χ2n) is 15.0. The van der Waals surface area contributed by atoms with Gasteiger partial charge in [0.05, 0.1) is 27.8 Å².